The summed E-state index contributed by atoms with van der Waals surface area (Å²) in [4.78, 5) is 81.3. The Balaban J connectivity index is 1.30. The maximum atomic E-state index is 13.8. The fraction of sp³-hybridized carbons (Fsp3) is 0.250. The second-order valence-electron chi connectivity index (χ2n) is 11.0. The van der Waals surface area contributed by atoms with Crippen molar-refractivity contribution in [3.05, 3.63) is 85.0 Å². The van der Waals surface area contributed by atoms with E-state index in [0.29, 0.717) is 0 Å². The third-order valence-corrected chi connectivity index (χ3v) is 8.28. The van der Waals surface area contributed by atoms with Crippen molar-refractivity contribution in [3.63, 3.8) is 0 Å². The number of nitrogens with zero attached hydrogens (tertiary/aromatic N) is 2. The minimum absolute atomic E-state index is 0.145. The number of benzene rings is 2. The van der Waals surface area contributed by atoms with E-state index in [1.165, 1.54) is 38.1 Å². The van der Waals surface area contributed by atoms with Crippen molar-refractivity contribution in [2.45, 2.75) is 13.8 Å². The summed E-state index contributed by atoms with van der Waals surface area (Å²) in [6, 6.07) is 12.2. The number of esters is 2. The molecule has 3 aliphatic carbocycles. The minimum atomic E-state index is -0.824. The zero-order valence-electron chi connectivity index (χ0n) is 22.8. The predicted octanol–water partition coefficient (Wildman–Crippen LogP) is 3.38. The average molecular weight is 567 g/mol. The number of hydrogen-bond donors (Lipinski definition) is 0. The van der Waals surface area contributed by atoms with E-state index in [4.69, 9.17) is 9.47 Å². The summed E-state index contributed by atoms with van der Waals surface area (Å²) in [5, 5.41) is 0. The number of carbonyl (C=O) groups excluding carboxylic acids is 6. The first-order chi connectivity index (χ1) is 20.0. The topological polar surface area (TPSA) is 127 Å². The predicted molar refractivity (Wildman–Crippen MR) is 149 cm³/mol. The van der Waals surface area contributed by atoms with Gasteiger partial charge in [0.05, 0.1) is 35.0 Å². The molecular formula is C32H26N2O8. The number of carbonyl (C=O) groups is 6. The van der Waals surface area contributed by atoms with E-state index in [2.05, 4.69) is 13.2 Å². The molecule has 0 unspecified atom stereocenters. The Morgan fingerprint density at radius 3 is 1.26 bits per heavy atom. The summed E-state index contributed by atoms with van der Waals surface area (Å²) in [7, 11) is 0. The second kappa shape index (κ2) is 9.76. The molecule has 2 saturated heterocycles. The van der Waals surface area contributed by atoms with Crippen molar-refractivity contribution in [2.75, 3.05) is 9.80 Å². The van der Waals surface area contributed by atoms with Gasteiger partial charge in [0.2, 0.25) is 23.6 Å². The summed E-state index contributed by atoms with van der Waals surface area (Å²) in [6.45, 7) is 10.1. The summed E-state index contributed by atoms with van der Waals surface area (Å²) in [5.74, 6) is -7.52. The highest BCUT2D eigenvalue weighted by molar-refractivity contribution is 6.26. The van der Waals surface area contributed by atoms with Crippen LogP contribution in [0, 0.1) is 35.5 Å². The van der Waals surface area contributed by atoms with Crippen LogP contribution in [0.5, 0.6) is 11.5 Å². The molecule has 42 heavy (non-hydrogen) atoms. The molecule has 0 spiro atoms. The molecule has 10 heteroatoms. The molecule has 2 bridgehead atoms. The zero-order valence-corrected chi connectivity index (χ0v) is 22.8. The van der Waals surface area contributed by atoms with Crippen LogP contribution in [0.1, 0.15) is 13.8 Å². The van der Waals surface area contributed by atoms with Gasteiger partial charge in [-0.1, -0.05) is 37.4 Å². The number of hydrogen-bond acceptors (Lipinski definition) is 8. The Morgan fingerprint density at radius 2 is 0.952 bits per heavy atom. The van der Waals surface area contributed by atoms with Crippen molar-refractivity contribution >= 4 is 46.9 Å². The van der Waals surface area contributed by atoms with Gasteiger partial charge in [-0.3, -0.25) is 19.2 Å². The SMILES string of the molecule is C=C(C)C(=O)Oc1cccc(N2C(=O)[C@@H]3C4C=CC([C@H]3C2=O)[C@H]2C(=O)N(c3cccc(OC(=O)C(=C)C)c3)C(=O)[C@H]42)c1. The first kappa shape index (κ1) is 27.1. The molecule has 1 saturated carbocycles. The lowest BCUT2D eigenvalue weighted by Crippen LogP contribution is -2.50. The van der Waals surface area contributed by atoms with Crippen molar-refractivity contribution in [1.29, 1.82) is 0 Å². The van der Waals surface area contributed by atoms with E-state index >= 15 is 0 Å². The molecule has 3 fully saturated rings. The molecule has 5 aliphatic rings. The molecule has 10 nitrogen and oxygen atoms in total. The van der Waals surface area contributed by atoms with Gasteiger partial charge in [-0.2, -0.15) is 0 Å². The first-order valence-corrected chi connectivity index (χ1v) is 13.4. The van der Waals surface area contributed by atoms with Gasteiger partial charge in [-0.05, 0) is 38.1 Å². The van der Waals surface area contributed by atoms with Gasteiger partial charge in [0.1, 0.15) is 11.5 Å². The number of anilines is 2. The molecular weight excluding hydrogens is 540 g/mol. The Morgan fingerprint density at radius 1 is 0.619 bits per heavy atom. The molecule has 7 rings (SSSR count). The molecule has 2 aliphatic heterocycles. The van der Waals surface area contributed by atoms with Crippen LogP contribution >= 0.6 is 0 Å². The van der Waals surface area contributed by atoms with Gasteiger partial charge in [0, 0.05) is 35.1 Å². The molecule has 2 aromatic rings. The van der Waals surface area contributed by atoms with Crippen molar-refractivity contribution in [3.8, 4) is 11.5 Å². The fourth-order valence-electron chi connectivity index (χ4n) is 6.50. The van der Waals surface area contributed by atoms with Crippen LogP contribution in [0.15, 0.2) is 85.0 Å². The number of ether oxygens (including phenoxy) is 2. The smallest absolute Gasteiger partial charge is 0.338 e. The van der Waals surface area contributed by atoms with Gasteiger partial charge in [-0.25, -0.2) is 19.4 Å². The van der Waals surface area contributed by atoms with Crippen LogP contribution in [0.2, 0.25) is 0 Å². The highest BCUT2D eigenvalue weighted by Crippen LogP contribution is 2.58. The van der Waals surface area contributed by atoms with Crippen LogP contribution in [0.3, 0.4) is 0 Å². The highest BCUT2D eigenvalue weighted by atomic mass is 16.5. The van der Waals surface area contributed by atoms with E-state index in [-0.39, 0.29) is 34.0 Å². The largest absolute Gasteiger partial charge is 0.423 e. The maximum absolute atomic E-state index is 13.8. The lowest BCUT2D eigenvalue weighted by atomic mass is 9.54. The van der Waals surface area contributed by atoms with E-state index in [1.807, 2.05) is 0 Å². The molecule has 212 valence electrons. The Hall–Kier alpha value is -5.12. The van der Waals surface area contributed by atoms with Crippen LogP contribution in [0.4, 0.5) is 11.4 Å². The molecule has 0 radical (unpaired) electrons. The lowest BCUT2D eigenvalue weighted by molar-refractivity contribution is -0.137. The molecule has 2 aromatic carbocycles. The van der Waals surface area contributed by atoms with Gasteiger partial charge in [-0.15, -0.1) is 0 Å². The fourth-order valence-corrected chi connectivity index (χ4v) is 6.50. The number of amides is 4. The van der Waals surface area contributed by atoms with Crippen LogP contribution in [0.25, 0.3) is 0 Å². The van der Waals surface area contributed by atoms with Gasteiger partial charge < -0.3 is 9.47 Å². The average Bonchev–Trinajstić information content (AvgIpc) is 3.40. The second-order valence-corrected chi connectivity index (χ2v) is 11.0. The molecule has 4 atom stereocenters. The standard InChI is InChI=1S/C32H26N2O8/c1-15(2)31(39)41-19-9-5-7-17(13-19)33-27(35)23-21-11-12-22(24(23)28(33)36)26-25(21)29(37)34(30(26)38)18-8-6-10-20(14-18)42-32(40)16(3)4/h5-14,21-26H,1,3H2,2,4H3/t21?,22?,23-,24-,25-,26-/m1/s1. The molecule has 4 amide bonds. The van der Waals surface area contributed by atoms with Crippen LogP contribution in [-0.4, -0.2) is 35.6 Å². The van der Waals surface area contributed by atoms with E-state index in [1.54, 1.807) is 36.4 Å². The van der Waals surface area contributed by atoms with Gasteiger partial charge in [0.15, 0.2) is 0 Å². The molecule has 0 N–H and O–H groups in total. The first-order valence-electron chi connectivity index (χ1n) is 13.4. The van der Waals surface area contributed by atoms with Crippen molar-refractivity contribution < 1.29 is 38.2 Å². The maximum Gasteiger partial charge on any atom is 0.338 e. The molecule has 0 aromatic heterocycles. The lowest BCUT2D eigenvalue weighted by Gasteiger charge is -2.44. The van der Waals surface area contributed by atoms with Crippen LogP contribution < -0.4 is 19.3 Å². The highest BCUT2D eigenvalue weighted by Gasteiger charge is 2.68. The van der Waals surface area contributed by atoms with E-state index < -0.39 is 71.1 Å². The van der Waals surface area contributed by atoms with E-state index in [0.717, 1.165) is 9.80 Å². The third kappa shape index (κ3) is 4.01. The Labute approximate surface area is 240 Å². The Kier molecular flexibility index (Phi) is 6.29. The summed E-state index contributed by atoms with van der Waals surface area (Å²) < 4.78 is 10.6. The number of imide groups is 2. The normalized spacial score (nSPS) is 27.2. The van der Waals surface area contributed by atoms with Gasteiger partial charge in [0.25, 0.3) is 0 Å². The quantitative estimate of drug-likeness (QED) is 0.171. The monoisotopic (exact) mass is 566 g/mol. The van der Waals surface area contributed by atoms with Crippen molar-refractivity contribution in [1.82, 2.24) is 0 Å². The number of rotatable bonds is 6. The minimum Gasteiger partial charge on any atom is -0.423 e. The zero-order chi connectivity index (χ0) is 30.0. The summed E-state index contributed by atoms with van der Waals surface area (Å²) in [5.41, 5.74) is 0.849. The Bertz CT molecular complexity index is 1510. The van der Waals surface area contributed by atoms with Crippen LogP contribution in [-0.2, 0) is 28.8 Å². The third-order valence-electron chi connectivity index (χ3n) is 8.28. The molecule has 2 heterocycles. The summed E-state index contributed by atoms with van der Waals surface area (Å²) >= 11 is 0. The van der Waals surface area contributed by atoms with Gasteiger partial charge >= 0.3 is 11.9 Å². The number of allylic oxidation sites excluding steroid dienone is 2. The van der Waals surface area contributed by atoms with Crippen molar-refractivity contribution in [2.24, 2.45) is 35.5 Å². The van der Waals surface area contributed by atoms with E-state index in [9.17, 15) is 28.8 Å². The summed E-state index contributed by atoms with van der Waals surface area (Å²) in [6.07, 6.45) is 3.54.